The molecule has 0 radical (unpaired) electrons. The summed E-state index contributed by atoms with van der Waals surface area (Å²) < 4.78 is 0. The number of hydrogen-bond acceptors (Lipinski definition) is 4. The molecular formula is C10H14O4. The van der Waals surface area contributed by atoms with E-state index in [1.54, 1.807) is 0 Å². The van der Waals surface area contributed by atoms with Crippen molar-refractivity contribution in [2.24, 2.45) is 0 Å². The minimum absolute atomic E-state index is 0.365. The van der Waals surface area contributed by atoms with E-state index in [4.69, 9.17) is 10.5 Å². The molecular weight excluding hydrogens is 184 g/mol. The fourth-order valence-electron chi connectivity index (χ4n) is 1.12. The summed E-state index contributed by atoms with van der Waals surface area (Å²) >= 11 is 0. The van der Waals surface area contributed by atoms with Crippen molar-refractivity contribution >= 4 is 0 Å². The summed E-state index contributed by atoms with van der Waals surface area (Å²) in [5.41, 5.74) is 1.09. The fourth-order valence-corrected chi connectivity index (χ4v) is 1.12. The molecule has 4 heteroatoms. The van der Waals surface area contributed by atoms with Gasteiger partial charge in [0.05, 0.1) is 0 Å². The average molecular weight is 198 g/mol. The average Bonchev–Trinajstić information content (AvgIpc) is 2.27. The van der Waals surface area contributed by atoms with Crippen LogP contribution in [0.1, 0.15) is 18.9 Å². The van der Waals surface area contributed by atoms with Crippen LogP contribution in [0.5, 0.6) is 0 Å². The van der Waals surface area contributed by atoms with Gasteiger partial charge in [0.25, 0.3) is 0 Å². The van der Waals surface area contributed by atoms with Gasteiger partial charge in [-0.2, -0.15) is 0 Å². The van der Waals surface area contributed by atoms with E-state index >= 15 is 0 Å². The van der Waals surface area contributed by atoms with Crippen LogP contribution in [-0.2, 0) is 16.2 Å². The van der Waals surface area contributed by atoms with Crippen LogP contribution < -0.4 is 0 Å². The number of rotatable bonds is 5. The second-order valence-electron chi connectivity index (χ2n) is 3.30. The maximum atomic E-state index is 8.48. The smallest absolute Gasteiger partial charge is 0.231 e. The topological polar surface area (TPSA) is 58.9 Å². The Hall–Kier alpha value is -0.940. The van der Waals surface area contributed by atoms with E-state index in [1.807, 2.05) is 30.3 Å². The molecule has 0 aliphatic heterocycles. The Balaban J connectivity index is 2.48. The van der Waals surface area contributed by atoms with Gasteiger partial charge in [-0.15, -0.1) is 0 Å². The van der Waals surface area contributed by atoms with Crippen molar-refractivity contribution in [3.05, 3.63) is 35.9 Å². The van der Waals surface area contributed by atoms with Crippen LogP contribution in [0.3, 0.4) is 0 Å². The van der Waals surface area contributed by atoms with Crippen molar-refractivity contribution in [2.45, 2.75) is 25.6 Å². The Morgan fingerprint density at radius 3 is 2.21 bits per heavy atom. The van der Waals surface area contributed by atoms with Gasteiger partial charge in [-0.05, 0) is 18.9 Å². The predicted molar refractivity (Wildman–Crippen MR) is 50.6 cm³/mol. The second kappa shape index (κ2) is 5.07. The van der Waals surface area contributed by atoms with Crippen molar-refractivity contribution in [3.8, 4) is 0 Å². The molecule has 4 nitrogen and oxygen atoms in total. The number of benzene rings is 1. The van der Waals surface area contributed by atoms with Crippen molar-refractivity contribution < 1.29 is 20.3 Å². The van der Waals surface area contributed by atoms with E-state index in [9.17, 15) is 0 Å². The fraction of sp³-hybridized carbons (Fsp3) is 0.400. The molecule has 0 heterocycles. The lowest BCUT2D eigenvalue weighted by molar-refractivity contribution is -0.481. The monoisotopic (exact) mass is 198 g/mol. The molecule has 78 valence electrons. The minimum atomic E-state index is -1.35. The summed E-state index contributed by atoms with van der Waals surface area (Å²) in [6.07, 6.45) is 1.02. The van der Waals surface area contributed by atoms with E-state index in [2.05, 4.69) is 9.78 Å². The summed E-state index contributed by atoms with van der Waals surface area (Å²) in [6, 6.07) is 9.68. The third kappa shape index (κ3) is 3.08. The van der Waals surface area contributed by atoms with Crippen LogP contribution in [0, 0.1) is 0 Å². The first-order valence-electron chi connectivity index (χ1n) is 4.39. The standard InChI is InChI=1S/C10H14O4/c1-10(13-11,14-12)8-7-9-5-3-2-4-6-9/h2-6,11-12H,7-8H2,1H3. The molecule has 0 aromatic heterocycles. The van der Waals surface area contributed by atoms with Gasteiger partial charge in [0.1, 0.15) is 0 Å². The summed E-state index contributed by atoms with van der Waals surface area (Å²) in [5.74, 6) is -1.35. The molecule has 0 spiro atoms. The third-order valence-electron chi connectivity index (χ3n) is 2.10. The van der Waals surface area contributed by atoms with E-state index in [1.165, 1.54) is 6.92 Å². The van der Waals surface area contributed by atoms with Crippen LogP contribution in [0.25, 0.3) is 0 Å². The summed E-state index contributed by atoms with van der Waals surface area (Å²) in [6.45, 7) is 1.45. The first-order valence-corrected chi connectivity index (χ1v) is 4.39. The molecule has 1 aromatic rings. The lowest BCUT2D eigenvalue weighted by atomic mass is 10.1. The minimum Gasteiger partial charge on any atom is -0.249 e. The molecule has 2 N–H and O–H groups in total. The predicted octanol–water partition coefficient (Wildman–Crippen LogP) is 2.31. The molecule has 0 atom stereocenters. The summed E-state index contributed by atoms with van der Waals surface area (Å²) in [5, 5.41) is 17.0. The normalized spacial score (nSPS) is 11.6. The number of aryl methyl sites for hydroxylation is 1. The molecule has 0 unspecified atom stereocenters. The van der Waals surface area contributed by atoms with Gasteiger partial charge < -0.3 is 0 Å². The van der Waals surface area contributed by atoms with Gasteiger partial charge in [-0.3, -0.25) is 0 Å². The van der Waals surface area contributed by atoms with Crippen LogP contribution in [0.2, 0.25) is 0 Å². The molecule has 0 bridgehead atoms. The van der Waals surface area contributed by atoms with E-state index in [0.29, 0.717) is 12.8 Å². The van der Waals surface area contributed by atoms with Crippen LogP contribution in [0.15, 0.2) is 30.3 Å². The van der Waals surface area contributed by atoms with Gasteiger partial charge in [0.15, 0.2) is 0 Å². The van der Waals surface area contributed by atoms with Crippen LogP contribution in [0.4, 0.5) is 0 Å². The maximum absolute atomic E-state index is 8.48. The highest BCUT2D eigenvalue weighted by atomic mass is 17.2. The Morgan fingerprint density at radius 1 is 1.14 bits per heavy atom. The molecule has 0 fully saturated rings. The van der Waals surface area contributed by atoms with Gasteiger partial charge in [0, 0.05) is 6.42 Å². The SMILES string of the molecule is CC(CCc1ccccc1)(OO)OO. The third-order valence-corrected chi connectivity index (χ3v) is 2.10. The molecule has 1 rings (SSSR count). The van der Waals surface area contributed by atoms with Gasteiger partial charge in [-0.1, -0.05) is 30.3 Å². The van der Waals surface area contributed by atoms with Gasteiger partial charge in [0.2, 0.25) is 5.79 Å². The zero-order valence-corrected chi connectivity index (χ0v) is 8.01. The Kier molecular flexibility index (Phi) is 4.03. The quantitative estimate of drug-likeness (QED) is 0.433. The lowest BCUT2D eigenvalue weighted by Crippen LogP contribution is -2.30. The largest absolute Gasteiger partial charge is 0.249 e. The van der Waals surface area contributed by atoms with Crippen molar-refractivity contribution in [1.82, 2.24) is 0 Å². The van der Waals surface area contributed by atoms with Crippen LogP contribution >= 0.6 is 0 Å². The maximum Gasteiger partial charge on any atom is 0.231 e. The van der Waals surface area contributed by atoms with Gasteiger partial charge in [-0.25, -0.2) is 20.3 Å². The molecule has 0 saturated heterocycles. The Morgan fingerprint density at radius 2 is 1.71 bits per heavy atom. The highest BCUT2D eigenvalue weighted by Gasteiger charge is 2.26. The highest BCUT2D eigenvalue weighted by molar-refractivity contribution is 5.14. The molecule has 0 aliphatic carbocycles. The molecule has 0 amide bonds. The molecule has 0 aliphatic rings. The van der Waals surface area contributed by atoms with E-state index < -0.39 is 5.79 Å². The van der Waals surface area contributed by atoms with E-state index in [0.717, 1.165) is 5.56 Å². The first-order chi connectivity index (χ1) is 6.70. The van der Waals surface area contributed by atoms with Crippen LogP contribution in [-0.4, -0.2) is 16.3 Å². The zero-order valence-electron chi connectivity index (χ0n) is 8.01. The Labute approximate surface area is 82.6 Å². The van der Waals surface area contributed by atoms with Crippen molar-refractivity contribution in [3.63, 3.8) is 0 Å². The molecule has 0 saturated carbocycles. The van der Waals surface area contributed by atoms with Crippen molar-refractivity contribution in [2.75, 3.05) is 0 Å². The molecule has 14 heavy (non-hydrogen) atoms. The Bertz CT molecular complexity index is 256. The molecule has 1 aromatic carbocycles. The summed E-state index contributed by atoms with van der Waals surface area (Å²) in [7, 11) is 0. The van der Waals surface area contributed by atoms with E-state index in [-0.39, 0.29) is 0 Å². The number of hydrogen-bond donors (Lipinski definition) is 2. The highest BCUT2D eigenvalue weighted by Crippen LogP contribution is 2.17. The zero-order chi connectivity index (χ0) is 10.4. The summed E-state index contributed by atoms with van der Waals surface area (Å²) in [4.78, 5) is 8.07. The first kappa shape index (κ1) is 11.1. The lowest BCUT2D eigenvalue weighted by Gasteiger charge is -2.21. The van der Waals surface area contributed by atoms with Crippen molar-refractivity contribution in [1.29, 1.82) is 0 Å². The second-order valence-corrected chi connectivity index (χ2v) is 3.30. The van der Waals surface area contributed by atoms with Gasteiger partial charge >= 0.3 is 0 Å².